The molecule has 20 heavy (non-hydrogen) atoms. The van der Waals surface area contributed by atoms with Crippen molar-refractivity contribution in [3.05, 3.63) is 22.8 Å². The van der Waals surface area contributed by atoms with E-state index in [1.807, 2.05) is 6.20 Å². The Kier molecular flexibility index (Phi) is 4.18. The summed E-state index contributed by atoms with van der Waals surface area (Å²) in [6, 6.07) is 3.23. The molecule has 0 aliphatic heterocycles. The van der Waals surface area contributed by atoms with Crippen molar-refractivity contribution >= 4 is 17.4 Å². The highest BCUT2D eigenvalue weighted by Gasteiger charge is 2.27. The van der Waals surface area contributed by atoms with E-state index in [2.05, 4.69) is 35.1 Å². The molecule has 1 N–H and O–H groups in total. The Morgan fingerprint density at radius 3 is 2.65 bits per heavy atom. The number of nitrogens with one attached hydrogen (secondary N) is 1. The monoisotopic (exact) mass is 293 g/mol. The molecule has 1 heterocycles. The van der Waals surface area contributed by atoms with E-state index in [0.29, 0.717) is 6.04 Å². The smallest absolute Gasteiger partial charge is 0.147 e. The highest BCUT2D eigenvalue weighted by Crippen LogP contribution is 2.34. The van der Waals surface area contributed by atoms with Crippen LogP contribution in [0, 0.1) is 5.92 Å². The third kappa shape index (κ3) is 3.64. The molecule has 2 aliphatic carbocycles. The van der Waals surface area contributed by atoms with Gasteiger partial charge in [-0.3, -0.25) is 0 Å². The van der Waals surface area contributed by atoms with E-state index >= 15 is 0 Å². The van der Waals surface area contributed by atoms with Crippen LogP contribution in [0.2, 0.25) is 5.02 Å². The van der Waals surface area contributed by atoms with Gasteiger partial charge in [0, 0.05) is 31.4 Å². The molecule has 0 radical (unpaired) electrons. The summed E-state index contributed by atoms with van der Waals surface area (Å²) in [6.07, 6.45) is 7.29. The fourth-order valence-corrected chi connectivity index (χ4v) is 2.75. The molecular weight excluding hydrogens is 270 g/mol. The minimum atomic E-state index is 0.441. The minimum Gasteiger partial charge on any atom is -0.353 e. The Morgan fingerprint density at radius 1 is 1.35 bits per heavy atom. The van der Waals surface area contributed by atoms with Gasteiger partial charge in [-0.15, -0.1) is 0 Å². The first-order valence-corrected chi connectivity index (χ1v) is 8.15. The van der Waals surface area contributed by atoms with Crippen molar-refractivity contribution in [3.8, 4) is 0 Å². The Morgan fingerprint density at radius 2 is 2.10 bits per heavy atom. The van der Waals surface area contributed by atoms with E-state index in [9.17, 15) is 0 Å². The zero-order valence-corrected chi connectivity index (χ0v) is 13.2. The third-order valence-corrected chi connectivity index (χ3v) is 4.38. The quantitative estimate of drug-likeness (QED) is 0.832. The molecule has 2 fully saturated rings. The molecule has 110 valence electrons. The molecule has 0 saturated heterocycles. The van der Waals surface area contributed by atoms with Gasteiger partial charge >= 0.3 is 0 Å². The SMILES string of the molecule is CC(C)N(CC1CC1)c1ncc(CNC2CC2)cc1Cl. The van der Waals surface area contributed by atoms with E-state index in [0.717, 1.165) is 35.9 Å². The van der Waals surface area contributed by atoms with Gasteiger partial charge in [-0.1, -0.05) is 11.6 Å². The van der Waals surface area contributed by atoms with Crippen LogP contribution in [0.4, 0.5) is 5.82 Å². The van der Waals surface area contributed by atoms with Crippen LogP contribution in [-0.2, 0) is 6.54 Å². The molecule has 2 aliphatic rings. The highest BCUT2D eigenvalue weighted by atomic mass is 35.5. The zero-order valence-electron chi connectivity index (χ0n) is 12.4. The first kappa shape index (κ1) is 14.2. The number of anilines is 1. The number of aromatic nitrogens is 1. The van der Waals surface area contributed by atoms with Gasteiger partial charge in [0.1, 0.15) is 5.82 Å². The summed E-state index contributed by atoms with van der Waals surface area (Å²) in [6.45, 7) is 6.39. The molecule has 0 amide bonds. The Balaban J connectivity index is 1.69. The predicted molar refractivity (Wildman–Crippen MR) is 84.3 cm³/mol. The first-order chi connectivity index (χ1) is 9.63. The molecular formula is C16H24ClN3. The van der Waals surface area contributed by atoms with Gasteiger partial charge < -0.3 is 10.2 Å². The molecule has 3 rings (SSSR count). The van der Waals surface area contributed by atoms with Crippen LogP contribution in [0.3, 0.4) is 0 Å². The van der Waals surface area contributed by atoms with Gasteiger partial charge in [-0.25, -0.2) is 4.98 Å². The third-order valence-electron chi connectivity index (χ3n) is 4.10. The molecule has 0 spiro atoms. The second-order valence-corrected chi connectivity index (χ2v) is 6.90. The molecule has 1 aromatic heterocycles. The summed E-state index contributed by atoms with van der Waals surface area (Å²) < 4.78 is 0. The second-order valence-electron chi connectivity index (χ2n) is 6.49. The maximum Gasteiger partial charge on any atom is 0.147 e. The summed E-state index contributed by atoms with van der Waals surface area (Å²) in [5.74, 6) is 1.79. The number of hydrogen-bond acceptors (Lipinski definition) is 3. The van der Waals surface area contributed by atoms with Crippen LogP contribution in [0.1, 0.15) is 45.1 Å². The molecule has 0 unspecified atom stereocenters. The van der Waals surface area contributed by atoms with Gasteiger partial charge in [0.25, 0.3) is 0 Å². The number of rotatable bonds is 7. The topological polar surface area (TPSA) is 28.2 Å². The fourth-order valence-electron chi connectivity index (χ4n) is 2.45. The first-order valence-electron chi connectivity index (χ1n) is 7.78. The summed E-state index contributed by atoms with van der Waals surface area (Å²) in [4.78, 5) is 6.98. The van der Waals surface area contributed by atoms with Gasteiger partial charge in [0.2, 0.25) is 0 Å². The number of nitrogens with zero attached hydrogens (tertiary/aromatic N) is 2. The summed E-state index contributed by atoms with van der Waals surface area (Å²) in [5, 5.41) is 4.29. The molecule has 1 aromatic rings. The lowest BCUT2D eigenvalue weighted by Gasteiger charge is -2.29. The summed E-state index contributed by atoms with van der Waals surface area (Å²) >= 11 is 6.47. The molecule has 3 nitrogen and oxygen atoms in total. The lowest BCUT2D eigenvalue weighted by molar-refractivity contribution is 0.635. The lowest BCUT2D eigenvalue weighted by Crippen LogP contribution is -2.33. The van der Waals surface area contributed by atoms with E-state index < -0.39 is 0 Å². The molecule has 2 saturated carbocycles. The number of pyridine rings is 1. The standard InChI is InChI=1S/C16H24ClN3/c1-11(2)20(10-12-3-4-12)16-15(17)7-13(9-19-16)8-18-14-5-6-14/h7,9,11-12,14,18H,3-6,8,10H2,1-2H3. The van der Waals surface area contributed by atoms with Crippen LogP contribution >= 0.6 is 11.6 Å². The molecule has 0 atom stereocenters. The van der Waals surface area contributed by atoms with Crippen LogP contribution in [0.5, 0.6) is 0 Å². The summed E-state index contributed by atoms with van der Waals surface area (Å²) in [5.41, 5.74) is 1.18. The normalized spacial score (nSPS) is 18.6. The maximum absolute atomic E-state index is 6.47. The van der Waals surface area contributed by atoms with Crippen LogP contribution in [-0.4, -0.2) is 23.6 Å². The van der Waals surface area contributed by atoms with E-state index in [1.165, 1.54) is 31.2 Å². The van der Waals surface area contributed by atoms with Crippen molar-refractivity contribution in [1.29, 1.82) is 0 Å². The fraction of sp³-hybridized carbons (Fsp3) is 0.688. The number of hydrogen-bond donors (Lipinski definition) is 1. The minimum absolute atomic E-state index is 0.441. The molecule has 0 bridgehead atoms. The van der Waals surface area contributed by atoms with Gasteiger partial charge in [-0.2, -0.15) is 0 Å². The summed E-state index contributed by atoms with van der Waals surface area (Å²) in [7, 11) is 0. The van der Waals surface area contributed by atoms with E-state index in [1.54, 1.807) is 0 Å². The Bertz CT molecular complexity index is 467. The van der Waals surface area contributed by atoms with Crippen LogP contribution in [0.25, 0.3) is 0 Å². The van der Waals surface area contributed by atoms with Crippen molar-refractivity contribution < 1.29 is 0 Å². The van der Waals surface area contributed by atoms with Crippen molar-refractivity contribution in [2.45, 2.75) is 58.2 Å². The number of halogens is 1. The van der Waals surface area contributed by atoms with E-state index in [-0.39, 0.29) is 0 Å². The van der Waals surface area contributed by atoms with Gasteiger partial charge in [0.05, 0.1) is 5.02 Å². The van der Waals surface area contributed by atoms with Crippen molar-refractivity contribution in [3.63, 3.8) is 0 Å². The maximum atomic E-state index is 6.47. The largest absolute Gasteiger partial charge is 0.353 e. The van der Waals surface area contributed by atoms with Gasteiger partial charge in [-0.05, 0) is 57.1 Å². The Hall–Kier alpha value is -0.800. The zero-order chi connectivity index (χ0) is 14.1. The molecule has 0 aromatic carbocycles. The molecule has 4 heteroatoms. The van der Waals surface area contributed by atoms with E-state index in [4.69, 9.17) is 11.6 Å². The van der Waals surface area contributed by atoms with Crippen molar-refractivity contribution in [2.24, 2.45) is 5.92 Å². The lowest BCUT2D eigenvalue weighted by atomic mass is 10.2. The predicted octanol–water partition coefficient (Wildman–Crippen LogP) is 3.61. The van der Waals surface area contributed by atoms with Crippen LogP contribution in [0.15, 0.2) is 12.3 Å². The Labute approximate surface area is 126 Å². The van der Waals surface area contributed by atoms with Crippen molar-refractivity contribution in [1.82, 2.24) is 10.3 Å². The average molecular weight is 294 g/mol. The average Bonchev–Trinajstić information content (AvgIpc) is 3.28. The van der Waals surface area contributed by atoms with Gasteiger partial charge in [0.15, 0.2) is 0 Å². The highest BCUT2D eigenvalue weighted by molar-refractivity contribution is 6.33. The van der Waals surface area contributed by atoms with Crippen LogP contribution < -0.4 is 10.2 Å². The van der Waals surface area contributed by atoms with Crippen molar-refractivity contribution in [2.75, 3.05) is 11.4 Å². The second kappa shape index (κ2) is 5.90.